The first-order chi connectivity index (χ1) is 8.99. The maximum atomic E-state index is 12.0. The second kappa shape index (κ2) is 6.75. The number of nitrogens with zero attached hydrogens (tertiary/aromatic N) is 1. The Kier molecular flexibility index (Phi) is 5.32. The fourth-order valence-corrected chi connectivity index (χ4v) is 1.75. The van der Waals surface area contributed by atoms with Crippen molar-refractivity contribution in [2.24, 2.45) is 5.73 Å². The van der Waals surface area contributed by atoms with Crippen LogP contribution in [0.2, 0.25) is 0 Å². The van der Waals surface area contributed by atoms with Crippen LogP contribution >= 0.6 is 0 Å². The number of aryl methyl sites for hydroxylation is 2. The van der Waals surface area contributed by atoms with Gasteiger partial charge in [0, 0.05) is 0 Å². The van der Waals surface area contributed by atoms with Gasteiger partial charge in [-0.05, 0) is 31.4 Å². The summed E-state index contributed by atoms with van der Waals surface area (Å²) >= 11 is 0. The molecule has 6 nitrogen and oxygen atoms in total. The number of benzene rings is 1. The summed E-state index contributed by atoms with van der Waals surface area (Å²) in [5.74, 6) is -0.352. The lowest BCUT2D eigenvalue weighted by Gasteiger charge is -2.24. The molecule has 6 heteroatoms. The van der Waals surface area contributed by atoms with Crippen LogP contribution in [0.1, 0.15) is 24.5 Å². The number of hydroxylamine groups is 1. The molecular weight excluding hydrogens is 244 g/mol. The normalized spacial score (nSPS) is 10.1. The Morgan fingerprint density at radius 2 is 2.00 bits per heavy atom. The maximum absolute atomic E-state index is 12.0. The SMILES string of the molecule is CCCONC(=O)N(C(=N)N)c1c(C)cccc1C. The van der Waals surface area contributed by atoms with Gasteiger partial charge in [0.05, 0.1) is 12.3 Å². The van der Waals surface area contributed by atoms with E-state index < -0.39 is 6.03 Å². The third-order valence-corrected chi connectivity index (χ3v) is 2.57. The van der Waals surface area contributed by atoms with Gasteiger partial charge in [-0.3, -0.25) is 10.2 Å². The number of hydrogen-bond acceptors (Lipinski definition) is 3. The van der Waals surface area contributed by atoms with E-state index in [4.69, 9.17) is 16.0 Å². The quantitative estimate of drug-likeness (QED) is 0.336. The molecule has 1 aromatic rings. The summed E-state index contributed by atoms with van der Waals surface area (Å²) in [6.07, 6.45) is 0.781. The van der Waals surface area contributed by atoms with E-state index >= 15 is 0 Å². The highest BCUT2D eigenvalue weighted by Gasteiger charge is 2.22. The smallest absolute Gasteiger partial charge is 0.352 e. The van der Waals surface area contributed by atoms with Gasteiger partial charge in [-0.25, -0.2) is 15.2 Å². The minimum atomic E-state index is -0.571. The highest BCUT2D eigenvalue weighted by atomic mass is 16.7. The molecule has 0 aliphatic rings. The minimum absolute atomic E-state index is 0.352. The van der Waals surface area contributed by atoms with Crippen LogP contribution in [0.25, 0.3) is 0 Å². The zero-order valence-corrected chi connectivity index (χ0v) is 11.5. The van der Waals surface area contributed by atoms with Crippen molar-refractivity contribution in [3.63, 3.8) is 0 Å². The highest BCUT2D eigenvalue weighted by molar-refractivity contribution is 6.14. The Hall–Kier alpha value is -2.08. The van der Waals surface area contributed by atoms with Crippen molar-refractivity contribution in [3.8, 4) is 0 Å². The van der Waals surface area contributed by atoms with E-state index in [0.29, 0.717) is 12.3 Å². The van der Waals surface area contributed by atoms with Crippen LogP contribution in [-0.2, 0) is 4.84 Å². The van der Waals surface area contributed by atoms with Crippen molar-refractivity contribution in [2.45, 2.75) is 27.2 Å². The van der Waals surface area contributed by atoms with Crippen molar-refractivity contribution < 1.29 is 9.63 Å². The van der Waals surface area contributed by atoms with E-state index in [0.717, 1.165) is 22.4 Å². The first-order valence-corrected chi connectivity index (χ1v) is 6.11. The first-order valence-electron chi connectivity index (χ1n) is 6.11. The standard InChI is InChI=1S/C13H20N4O2/c1-4-8-19-16-13(18)17(12(14)15)11-9(2)6-5-7-10(11)3/h5-7H,4,8H2,1-3H3,(H3,14,15)(H,16,18). The molecule has 0 aliphatic carbocycles. The fourth-order valence-electron chi connectivity index (χ4n) is 1.75. The highest BCUT2D eigenvalue weighted by Crippen LogP contribution is 2.24. The van der Waals surface area contributed by atoms with Gasteiger partial charge in [0.1, 0.15) is 0 Å². The monoisotopic (exact) mass is 264 g/mol. The van der Waals surface area contributed by atoms with Crippen molar-refractivity contribution in [1.29, 1.82) is 5.41 Å². The molecule has 4 N–H and O–H groups in total. The second-order valence-corrected chi connectivity index (χ2v) is 4.22. The van der Waals surface area contributed by atoms with Crippen molar-refractivity contribution in [3.05, 3.63) is 29.3 Å². The predicted molar refractivity (Wildman–Crippen MR) is 75.1 cm³/mol. The summed E-state index contributed by atoms with van der Waals surface area (Å²) in [4.78, 5) is 18.1. The molecule has 0 bridgehead atoms. The van der Waals surface area contributed by atoms with Crippen LogP contribution in [0.4, 0.5) is 10.5 Å². The number of nitrogens with one attached hydrogen (secondary N) is 2. The lowest BCUT2D eigenvalue weighted by atomic mass is 10.1. The Morgan fingerprint density at radius 3 is 2.47 bits per heavy atom. The predicted octanol–water partition coefficient (Wildman–Crippen LogP) is 2.05. The van der Waals surface area contributed by atoms with Gasteiger partial charge in [0.2, 0.25) is 5.96 Å². The summed E-state index contributed by atoms with van der Waals surface area (Å²) in [7, 11) is 0. The number of para-hydroxylation sites is 1. The molecule has 0 saturated carbocycles. The molecule has 0 fully saturated rings. The van der Waals surface area contributed by atoms with E-state index in [-0.39, 0.29) is 5.96 Å². The van der Waals surface area contributed by atoms with Crippen molar-refractivity contribution in [2.75, 3.05) is 11.5 Å². The molecule has 0 heterocycles. The van der Waals surface area contributed by atoms with E-state index in [1.54, 1.807) is 0 Å². The molecule has 0 aliphatic heterocycles. The Labute approximate surface area is 113 Å². The number of carbonyl (C=O) groups is 1. The number of urea groups is 1. The van der Waals surface area contributed by atoms with Gasteiger partial charge in [0.15, 0.2) is 0 Å². The largest absolute Gasteiger partial charge is 0.369 e. The average Bonchev–Trinajstić information content (AvgIpc) is 2.33. The number of guanidine groups is 1. The van der Waals surface area contributed by atoms with E-state index in [2.05, 4.69) is 5.48 Å². The number of anilines is 1. The number of amides is 2. The third-order valence-electron chi connectivity index (χ3n) is 2.57. The van der Waals surface area contributed by atoms with Crippen LogP contribution in [0.5, 0.6) is 0 Å². The average molecular weight is 264 g/mol. The minimum Gasteiger partial charge on any atom is -0.369 e. The summed E-state index contributed by atoms with van der Waals surface area (Å²) < 4.78 is 0. The topological polar surface area (TPSA) is 91.4 Å². The van der Waals surface area contributed by atoms with Crippen LogP contribution in [0, 0.1) is 19.3 Å². The van der Waals surface area contributed by atoms with Gasteiger partial charge in [-0.15, -0.1) is 0 Å². The van der Waals surface area contributed by atoms with Crippen molar-refractivity contribution >= 4 is 17.7 Å². The molecular formula is C13H20N4O2. The number of rotatable bonds is 4. The lowest BCUT2D eigenvalue weighted by molar-refractivity contribution is 0.0650. The molecule has 0 unspecified atom stereocenters. The van der Waals surface area contributed by atoms with Crippen LogP contribution in [0.15, 0.2) is 18.2 Å². The lowest BCUT2D eigenvalue weighted by Crippen LogP contribution is -2.47. The van der Waals surface area contributed by atoms with Gasteiger partial charge >= 0.3 is 6.03 Å². The summed E-state index contributed by atoms with van der Waals surface area (Å²) in [6, 6.07) is 5.04. The van der Waals surface area contributed by atoms with Gasteiger partial charge in [-0.2, -0.15) is 0 Å². The van der Waals surface area contributed by atoms with Crippen molar-refractivity contribution in [1.82, 2.24) is 5.48 Å². The number of nitrogens with two attached hydrogens (primary N) is 1. The second-order valence-electron chi connectivity index (χ2n) is 4.22. The summed E-state index contributed by atoms with van der Waals surface area (Å²) in [5, 5.41) is 7.58. The Morgan fingerprint density at radius 1 is 1.42 bits per heavy atom. The Balaban J connectivity index is 3.01. The van der Waals surface area contributed by atoms with E-state index in [9.17, 15) is 4.79 Å². The first kappa shape index (κ1) is 15.0. The molecule has 0 spiro atoms. The number of hydrogen-bond donors (Lipinski definition) is 3. The molecule has 0 atom stereocenters. The molecule has 2 amide bonds. The molecule has 1 rings (SSSR count). The third kappa shape index (κ3) is 3.69. The van der Waals surface area contributed by atoms with Crippen LogP contribution in [0.3, 0.4) is 0 Å². The Bertz CT molecular complexity index is 453. The van der Waals surface area contributed by atoms with Gasteiger partial charge < -0.3 is 5.73 Å². The molecule has 0 saturated heterocycles. The van der Waals surface area contributed by atoms with Crippen LogP contribution in [-0.4, -0.2) is 18.6 Å². The van der Waals surface area contributed by atoms with Gasteiger partial charge in [-0.1, -0.05) is 25.1 Å². The number of carbonyl (C=O) groups excluding carboxylic acids is 1. The summed E-state index contributed by atoms with van der Waals surface area (Å²) in [6.45, 7) is 6.06. The van der Waals surface area contributed by atoms with E-state index in [1.807, 2.05) is 39.0 Å². The van der Waals surface area contributed by atoms with Gasteiger partial charge in [0.25, 0.3) is 0 Å². The maximum Gasteiger partial charge on any atom is 0.352 e. The molecule has 0 radical (unpaired) electrons. The zero-order valence-electron chi connectivity index (χ0n) is 11.5. The van der Waals surface area contributed by atoms with Crippen LogP contribution < -0.4 is 16.1 Å². The molecule has 0 aromatic heterocycles. The molecule has 19 heavy (non-hydrogen) atoms. The molecule has 1 aromatic carbocycles. The summed E-state index contributed by atoms with van der Waals surface area (Å²) in [5.41, 5.74) is 10.1. The van der Waals surface area contributed by atoms with E-state index in [1.165, 1.54) is 0 Å². The molecule has 104 valence electrons. The fraction of sp³-hybridized carbons (Fsp3) is 0.385. The zero-order chi connectivity index (χ0) is 14.4.